The third kappa shape index (κ3) is 6.10. The molecule has 0 aromatic rings. The Morgan fingerprint density at radius 3 is 2.59 bits per heavy atom. The quantitative estimate of drug-likeness (QED) is 0.784. The van der Waals surface area contributed by atoms with Gasteiger partial charge in [0.25, 0.3) is 0 Å². The lowest BCUT2D eigenvalue weighted by atomic mass is 10.1. The minimum atomic E-state index is -0.431. The molecule has 0 saturated carbocycles. The fraction of sp³-hybridized carbons (Fsp3) is 0.938. The number of likely N-dealkylation sites (tertiary alicyclic amines) is 1. The molecule has 1 unspecified atom stereocenters. The van der Waals surface area contributed by atoms with Crippen LogP contribution in [0.4, 0.5) is 4.79 Å². The van der Waals surface area contributed by atoms with Crippen LogP contribution in [0.15, 0.2) is 0 Å². The van der Waals surface area contributed by atoms with E-state index in [-0.39, 0.29) is 12.2 Å². The highest BCUT2D eigenvalue weighted by atomic mass is 16.6. The summed E-state index contributed by atoms with van der Waals surface area (Å²) in [5.41, 5.74) is -0.431. The molecule has 0 bridgehead atoms. The van der Waals surface area contributed by atoms with Gasteiger partial charge in [-0.1, -0.05) is 0 Å². The first kappa shape index (κ1) is 17.5. The van der Waals surface area contributed by atoms with Crippen LogP contribution in [-0.4, -0.2) is 68.2 Å². The van der Waals surface area contributed by atoms with E-state index in [2.05, 4.69) is 5.32 Å². The summed E-state index contributed by atoms with van der Waals surface area (Å²) in [4.78, 5) is 13.7. The lowest BCUT2D eigenvalue weighted by Crippen LogP contribution is -2.44. The molecule has 0 aromatic carbocycles. The zero-order valence-corrected chi connectivity index (χ0v) is 14.1. The number of hydrogen-bond acceptors (Lipinski definition) is 5. The Labute approximate surface area is 133 Å². The van der Waals surface area contributed by atoms with E-state index in [0.717, 1.165) is 39.0 Å². The van der Waals surface area contributed by atoms with Crippen molar-refractivity contribution in [3.63, 3.8) is 0 Å². The van der Waals surface area contributed by atoms with E-state index in [1.165, 1.54) is 0 Å². The standard InChI is InChI=1S/C16H30N2O4/c1-16(2,3)22-15(19)18-8-4-14(5-9-18)21-11-7-17-13-6-10-20-12-13/h13-14,17H,4-12H2,1-3H3. The van der Waals surface area contributed by atoms with Crippen molar-refractivity contribution >= 4 is 6.09 Å². The predicted molar refractivity (Wildman–Crippen MR) is 84.0 cm³/mol. The fourth-order valence-corrected chi connectivity index (χ4v) is 2.72. The van der Waals surface area contributed by atoms with Crippen molar-refractivity contribution in [2.75, 3.05) is 39.5 Å². The molecule has 2 fully saturated rings. The molecule has 2 rings (SSSR count). The average Bonchev–Trinajstić information content (AvgIpc) is 2.95. The van der Waals surface area contributed by atoms with Gasteiger partial charge in [0.05, 0.1) is 19.3 Å². The third-order valence-electron chi connectivity index (χ3n) is 3.91. The van der Waals surface area contributed by atoms with Gasteiger partial charge in [0.1, 0.15) is 5.60 Å². The van der Waals surface area contributed by atoms with E-state index in [4.69, 9.17) is 14.2 Å². The molecule has 2 aliphatic heterocycles. The maximum Gasteiger partial charge on any atom is 0.410 e. The van der Waals surface area contributed by atoms with Crippen molar-refractivity contribution in [3.8, 4) is 0 Å². The highest BCUT2D eigenvalue weighted by molar-refractivity contribution is 5.68. The second-order valence-corrected chi connectivity index (χ2v) is 7.05. The minimum absolute atomic E-state index is 0.214. The Balaban J connectivity index is 1.55. The van der Waals surface area contributed by atoms with E-state index in [0.29, 0.717) is 25.7 Å². The summed E-state index contributed by atoms with van der Waals surface area (Å²) in [6.07, 6.45) is 2.89. The van der Waals surface area contributed by atoms with Crippen LogP contribution in [0.3, 0.4) is 0 Å². The fourth-order valence-electron chi connectivity index (χ4n) is 2.72. The SMILES string of the molecule is CC(C)(C)OC(=O)N1CCC(OCCNC2CCOC2)CC1. The Hall–Kier alpha value is -0.850. The molecular weight excluding hydrogens is 284 g/mol. The minimum Gasteiger partial charge on any atom is -0.444 e. The van der Waals surface area contributed by atoms with Crippen molar-refractivity contribution in [1.29, 1.82) is 0 Å². The zero-order chi connectivity index (χ0) is 16.0. The van der Waals surface area contributed by atoms with E-state index >= 15 is 0 Å². The van der Waals surface area contributed by atoms with E-state index in [9.17, 15) is 4.79 Å². The van der Waals surface area contributed by atoms with E-state index in [1.807, 2.05) is 20.8 Å². The number of hydrogen-bond donors (Lipinski definition) is 1. The van der Waals surface area contributed by atoms with Crippen LogP contribution < -0.4 is 5.32 Å². The Morgan fingerprint density at radius 2 is 2.00 bits per heavy atom. The summed E-state index contributed by atoms with van der Waals surface area (Å²) in [6.45, 7) is 10.4. The molecule has 1 atom stereocenters. The van der Waals surface area contributed by atoms with Crippen LogP contribution in [0.5, 0.6) is 0 Å². The summed E-state index contributed by atoms with van der Waals surface area (Å²) >= 11 is 0. The van der Waals surface area contributed by atoms with Gasteiger partial charge in [-0.3, -0.25) is 0 Å². The van der Waals surface area contributed by atoms with Gasteiger partial charge in [-0.25, -0.2) is 4.79 Å². The van der Waals surface area contributed by atoms with Crippen molar-refractivity contribution in [2.24, 2.45) is 0 Å². The molecule has 0 aromatic heterocycles. The Kier molecular flexibility index (Phi) is 6.47. The van der Waals surface area contributed by atoms with Crippen molar-refractivity contribution in [1.82, 2.24) is 10.2 Å². The third-order valence-corrected chi connectivity index (χ3v) is 3.91. The van der Waals surface area contributed by atoms with Gasteiger partial charge < -0.3 is 24.4 Å². The number of amides is 1. The van der Waals surface area contributed by atoms with Gasteiger partial charge in [0, 0.05) is 32.3 Å². The van der Waals surface area contributed by atoms with Crippen LogP contribution >= 0.6 is 0 Å². The molecular formula is C16H30N2O4. The number of ether oxygens (including phenoxy) is 3. The number of carbonyl (C=O) groups is 1. The maximum absolute atomic E-state index is 12.0. The average molecular weight is 314 g/mol. The largest absolute Gasteiger partial charge is 0.444 e. The van der Waals surface area contributed by atoms with Crippen molar-refractivity contribution in [2.45, 2.75) is 57.8 Å². The first-order chi connectivity index (χ1) is 10.4. The van der Waals surface area contributed by atoms with Gasteiger partial charge >= 0.3 is 6.09 Å². The molecule has 6 heteroatoms. The van der Waals surface area contributed by atoms with Crippen molar-refractivity contribution < 1.29 is 19.0 Å². The first-order valence-electron chi connectivity index (χ1n) is 8.35. The summed E-state index contributed by atoms with van der Waals surface area (Å²) in [7, 11) is 0. The van der Waals surface area contributed by atoms with Gasteiger partial charge in [0.2, 0.25) is 0 Å². The molecule has 6 nitrogen and oxygen atoms in total. The van der Waals surface area contributed by atoms with E-state index < -0.39 is 5.60 Å². The number of piperidine rings is 1. The van der Waals surface area contributed by atoms with Crippen molar-refractivity contribution in [3.05, 3.63) is 0 Å². The first-order valence-corrected chi connectivity index (χ1v) is 8.35. The Bertz CT molecular complexity index is 343. The molecule has 1 amide bonds. The second-order valence-electron chi connectivity index (χ2n) is 7.05. The van der Waals surface area contributed by atoms with Crippen LogP contribution in [0, 0.1) is 0 Å². The number of rotatable bonds is 5. The van der Waals surface area contributed by atoms with Gasteiger partial charge in [-0.2, -0.15) is 0 Å². The number of nitrogens with zero attached hydrogens (tertiary/aromatic N) is 1. The molecule has 128 valence electrons. The van der Waals surface area contributed by atoms with E-state index in [1.54, 1.807) is 4.90 Å². The molecule has 2 aliphatic rings. The molecule has 1 N–H and O–H groups in total. The lowest BCUT2D eigenvalue weighted by Gasteiger charge is -2.33. The molecule has 2 heterocycles. The molecule has 2 saturated heterocycles. The number of nitrogens with one attached hydrogen (secondary N) is 1. The van der Waals surface area contributed by atoms with Gasteiger partial charge in [-0.15, -0.1) is 0 Å². The van der Waals surface area contributed by atoms with Crippen LogP contribution in [-0.2, 0) is 14.2 Å². The lowest BCUT2D eigenvalue weighted by molar-refractivity contribution is -0.0108. The number of carbonyl (C=O) groups excluding carboxylic acids is 1. The zero-order valence-electron chi connectivity index (χ0n) is 14.1. The highest BCUT2D eigenvalue weighted by Crippen LogP contribution is 2.17. The summed E-state index contributed by atoms with van der Waals surface area (Å²) in [5, 5.41) is 3.44. The molecule has 0 radical (unpaired) electrons. The highest BCUT2D eigenvalue weighted by Gasteiger charge is 2.27. The molecule has 22 heavy (non-hydrogen) atoms. The summed E-state index contributed by atoms with van der Waals surface area (Å²) in [6, 6.07) is 0.484. The molecule has 0 spiro atoms. The van der Waals surface area contributed by atoms with Gasteiger partial charge in [-0.05, 0) is 40.0 Å². The van der Waals surface area contributed by atoms with Crippen LogP contribution in [0.1, 0.15) is 40.0 Å². The summed E-state index contributed by atoms with van der Waals surface area (Å²) < 4.78 is 16.6. The molecule has 0 aliphatic carbocycles. The summed E-state index contributed by atoms with van der Waals surface area (Å²) in [5.74, 6) is 0. The normalized spacial score (nSPS) is 23.8. The topological polar surface area (TPSA) is 60.0 Å². The van der Waals surface area contributed by atoms with Gasteiger partial charge in [0.15, 0.2) is 0 Å². The monoisotopic (exact) mass is 314 g/mol. The predicted octanol–water partition coefficient (Wildman–Crippen LogP) is 1.78. The Morgan fingerprint density at radius 1 is 1.27 bits per heavy atom. The maximum atomic E-state index is 12.0. The van der Waals surface area contributed by atoms with Crippen LogP contribution in [0.25, 0.3) is 0 Å². The second kappa shape index (κ2) is 8.13. The van der Waals surface area contributed by atoms with Crippen LogP contribution in [0.2, 0.25) is 0 Å². The smallest absolute Gasteiger partial charge is 0.410 e.